The van der Waals surface area contributed by atoms with E-state index < -0.39 is 18.1 Å². The second-order valence-electron chi connectivity index (χ2n) is 4.07. The Labute approximate surface area is 104 Å². The summed E-state index contributed by atoms with van der Waals surface area (Å²) in [5, 5.41) is 21.3. The Bertz CT molecular complexity index is 421. The maximum Gasteiger partial charge on any atom is 0.253 e. The highest BCUT2D eigenvalue weighted by Gasteiger charge is 2.20. The van der Waals surface area contributed by atoms with Crippen LogP contribution in [0.3, 0.4) is 0 Å². The highest BCUT2D eigenvalue weighted by atomic mass is 35.5. The largest absolute Gasteiger partial charge is 0.398 e. The molecule has 5 nitrogen and oxygen atoms in total. The number of anilines is 1. The number of carbonyl (C=O) groups is 1. The lowest BCUT2D eigenvalue weighted by molar-refractivity contribution is 0.00321. The summed E-state index contributed by atoms with van der Waals surface area (Å²) in [5.74, 6) is -0.423. The number of aliphatic hydroxyl groups excluding tert-OH is 1. The molecule has 0 saturated heterocycles. The van der Waals surface area contributed by atoms with E-state index in [2.05, 4.69) is 5.32 Å². The smallest absolute Gasteiger partial charge is 0.253 e. The van der Waals surface area contributed by atoms with E-state index in [0.717, 1.165) is 0 Å². The molecule has 1 atom stereocenters. The van der Waals surface area contributed by atoms with E-state index in [9.17, 15) is 9.90 Å². The van der Waals surface area contributed by atoms with Crippen molar-refractivity contribution < 1.29 is 15.0 Å². The summed E-state index contributed by atoms with van der Waals surface area (Å²) < 4.78 is 0. The van der Waals surface area contributed by atoms with Crippen molar-refractivity contribution in [1.29, 1.82) is 0 Å². The number of aliphatic hydroxyl groups is 2. The summed E-state index contributed by atoms with van der Waals surface area (Å²) in [6, 6.07) is 4.53. The van der Waals surface area contributed by atoms with Crippen molar-refractivity contribution in [3.63, 3.8) is 0 Å². The van der Waals surface area contributed by atoms with Crippen molar-refractivity contribution in [3.05, 3.63) is 28.8 Å². The van der Waals surface area contributed by atoms with Crippen LogP contribution in [0.4, 0.5) is 5.69 Å². The van der Waals surface area contributed by atoms with Crippen molar-refractivity contribution in [1.82, 2.24) is 5.32 Å². The van der Waals surface area contributed by atoms with Crippen LogP contribution in [0.5, 0.6) is 0 Å². The summed E-state index contributed by atoms with van der Waals surface area (Å²) in [4.78, 5) is 11.7. The van der Waals surface area contributed by atoms with E-state index in [0.29, 0.717) is 5.02 Å². The molecule has 0 bridgehead atoms. The molecule has 5 N–H and O–H groups in total. The number of rotatable bonds is 4. The molecule has 0 fully saturated rings. The zero-order chi connectivity index (χ0) is 13.1. The summed E-state index contributed by atoms with van der Waals surface area (Å²) in [5.41, 5.74) is 4.83. The predicted molar refractivity (Wildman–Crippen MR) is 65.9 cm³/mol. The monoisotopic (exact) mass is 258 g/mol. The average Bonchev–Trinajstić information content (AvgIpc) is 2.26. The second-order valence-corrected chi connectivity index (χ2v) is 4.51. The first-order valence-electron chi connectivity index (χ1n) is 5.02. The van der Waals surface area contributed by atoms with Gasteiger partial charge in [-0.3, -0.25) is 4.79 Å². The molecule has 1 amide bonds. The van der Waals surface area contributed by atoms with Gasteiger partial charge in [0.1, 0.15) is 5.60 Å². The van der Waals surface area contributed by atoms with Crippen LogP contribution >= 0.6 is 11.6 Å². The first-order valence-corrected chi connectivity index (χ1v) is 5.40. The zero-order valence-electron chi connectivity index (χ0n) is 9.40. The molecular weight excluding hydrogens is 244 g/mol. The van der Waals surface area contributed by atoms with E-state index in [1.165, 1.54) is 19.1 Å². The Morgan fingerprint density at radius 1 is 1.59 bits per heavy atom. The summed E-state index contributed by atoms with van der Waals surface area (Å²) in [6.07, 6.45) is 0. The van der Waals surface area contributed by atoms with Gasteiger partial charge in [0.2, 0.25) is 0 Å². The van der Waals surface area contributed by atoms with E-state index in [-0.39, 0.29) is 17.8 Å². The van der Waals surface area contributed by atoms with Gasteiger partial charge < -0.3 is 21.3 Å². The third-order valence-electron chi connectivity index (χ3n) is 2.23. The molecule has 0 saturated carbocycles. The number of benzene rings is 1. The number of nitrogens with two attached hydrogens (primary N) is 1. The zero-order valence-corrected chi connectivity index (χ0v) is 10.2. The molecule has 1 unspecified atom stereocenters. The average molecular weight is 259 g/mol. The second kappa shape index (κ2) is 5.35. The number of hydrogen-bond acceptors (Lipinski definition) is 4. The number of halogens is 1. The van der Waals surface area contributed by atoms with Crippen LogP contribution in [0.1, 0.15) is 17.3 Å². The van der Waals surface area contributed by atoms with Gasteiger partial charge in [0.05, 0.1) is 12.2 Å². The Morgan fingerprint density at radius 2 is 2.24 bits per heavy atom. The first kappa shape index (κ1) is 13.8. The molecule has 94 valence electrons. The van der Waals surface area contributed by atoms with Crippen LogP contribution in [0, 0.1) is 0 Å². The van der Waals surface area contributed by atoms with E-state index in [1.54, 1.807) is 6.07 Å². The van der Waals surface area contributed by atoms with Crippen molar-refractivity contribution in [3.8, 4) is 0 Å². The van der Waals surface area contributed by atoms with Gasteiger partial charge in [0.25, 0.3) is 5.91 Å². The Hall–Kier alpha value is -1.30. The van der Waals surface area contributed by atoms with Crippen molar-refractivity contribution in [2.24, 2.45) is 0 Å². The molecule has 0 aliphatic carbocycles. The summed E-state index contributed by atoms with van der Waals surface area (Å²) >= 11 is 5.71. The number of nitrogens with one attached hydrogen (secondary N) is 1. The van der Waals surface area contributed by atoms with Gasteiger partial charge >= 0.3 is 0 Å². The molecule has 0 radical (unpaired) electrons. The molecular formula is C11H15ClN2O3. The van der Waals surface area contributed by atoms with Gasteiger partial charge in [-0.05, 0) is 25.1 Å². The molecule has 0 heterocycles. The fourth-order valence-electron chi connectivity index (χ4n) is 1.16. The third-order valence-corrected chi connectivity index (χ3v) is 2.46. The van der Waals surface area contributed by atoms with Crippen molar-refractivity contribution >= 4 is 23.2 Å². The Kier molecular flexibility index (Phi) is 4.34. The minimum Gasteiger partial charge on any atom is -0.398 e. The molecule has 0 aromatic heterocycles. The molecule has 0 spiro atoms. The van der Waals surface area contributed by atoms with Gasteiger partial charge in [0, 0.05) is 17.3 Å². The normalized spacial score (nSPS) is 14.1. The van der Waals surface area contributed by atoms with Crippen LogP contribution in [-0.2, 0) is 0 Å². The molecule has 1 rings (SSSR count). The number of nitrogen functional groups attached to an aromatic ring is 1. The van der Waals surface area contributed by atoms with Crippen molar-refractivity contribution in [2.75, 3.05) is 18.9 Å². The number of carbonyl (C=O) groups excluding carboxylic acids is 1. The summed E-state index contributed by atoms with van der Waals surface area (Å²) in [6.45, 7) is 0.909. The maximum absolute atomic E-state index is 11.7. The minimum atomic E-state index is -1.35. The van der Waals surface area contributed by atoms with Crippen LogP contribution in [-0.4, -0.2) is 34.9 Å². The lowest BCUT2D eigenvalue weighted by Gasteiger charge is -2.20. The van der Waals surface area contributed by atoms with Crippen molar-refractivity contribution in [2.45, 2.75) is 12.5 Å². The van der Waals surface area contributed by atoms with Gasteiger partial charge in [0.15, 0.2) is 0 Å². The standard InChI is InChI=1S/C11H15ClN2O3/c1-11(17,6-15)5-14-10(16)8-3-2-7(12)4-9(8)13/h2-4,15,17H,5-6,13H2,1H3,(H,14,16). The predicted octanol–water partition coefficient (Wildman–Crippen LogP) is 0.395. The molecule has 1 aromatic carbocycles. The molecule has 0 aliphatic rings. The fourth-order valence-corrected chi connectivity index (χ4v) is 1.34. The third kappa shape index (κ3) is 3.89. The lowest BCUT2D eigenvalue weighted by atomic mass is 10.1. The Balaban J connectivity index is 2.71. The van der Waals surface area contributed by atoms with Gasteiger partial charge in [-0.2, -0.15) is 0 Å². The highest BCUT2D eigenvalue weighted by molar-refractivity contribution is 6.31. The van der Waals surface area contributed by atoms with E-state index in [4.69, 9.17) is 22.4 Å². The molecule has 17 heavy (non-hydrogen) atoms. The Morgan fingerprint density at radius 3 is 2.76 bits per heavy atom. The van der Waals surface area contributed by atoms with Gasteiger partial charge in [-0.25, -0.2) is 0 Å². The maximum atomic E-state index is 11.7. The fraction of sp³-hybridized carbons (Fsp3) is 0.364. The van der Waals surface area contributed by atoms with Gasteiger partial charge in [-0.15, -0.1) is 0 Å². The highest BCUT2D eigenvalue weighted by Crippen LogP contribution is 2.17. The first-order chi connectivity index (χ1) is 7.85. The number of amides is 1. The molecule has 1 aromatic rings. The summed E-state index contributed by atoms with van der Waals surface area (Å²) in [7, 11) is 0. The van der Waals surface area contributed by atoms with Crippen LogP contribution in [0.25, 0.3) is 0 Å². The molecule has 0 aliphatic heterocycles. The lowest BCUT2D eigenvalue weighted by Crippen LogP contribution is -2.43. The number of hydrogen-bond donors (Lipinski definition) is 4. The quantitative estimate of drug-likeness (QED) is 0.588. The van der Waals surface area contributed by atoms with E-state index in [1.807, 2.05) is 0 Å². The minimum absolute atomic E-state index is 0.0651. The SMILES string of the molecule is CC(O)(CO)CNC(=O)c1ccc(Cl)cc1N. The van der Waals surface area contributed by atoms with Gasteiger partial charge in [-0.1, -0.05) is 11.6 Å². The van der Waals surface area contributed by atoms with Crippen LogP contribution in [0.2, 0.25) is 5.02 Å². The topological polar surface area (TPSA) is 95.6 Å². The molecule has 6 heteroatoms. The van der Waals surface area contributed by atoms with Crippen LogP contribution < -0.4 is 11.1 Å². The van der Waals surface area contributed by atoms with E-state index >= 15 is 0 Å². The van der Waals surface area contributed by atoms with Crippen LogP contribution in [0.15, 0.2) is 18.2 Å².